The van der Waals surface area contributed by atoms with Crippen molar-refractivity contribution in [2.24, 2.45) is 0 Å². The number of nitrogens with one attached hydrogen (secondary N) is 1. The molecule has 0 amide bonds. The number of benzene rings is 1. The normalized spacial score (nSPS) is 12.2. The molecule has 1 N–H and O–H groups in total. The Labute approximate surface area is 124 Å². The molecule has 2 rings (SSSR count). The molecule has 0 spiro atoms. The van der Waals surface area contributed by atoms with Gasteiger partial charge in [-0.15, -0.1) is 0 Å². The maximum Gasteiger partial charge on any atom is 0.185 e. The lowest BCUT2D eigenvalue weighted by Gasteiger charge is -1.92. The van der Waals surface area contributed by atoms with Gasteiger partial charge >= 0.3 is 0 Å². The lowest BCUT2D eigenvalue weighted by molar-refractivity contribution is 0.104. The van der Waals surface area contributed by atoms with Crippen molar-refractivity contribution in [1.29, 1.82) is 0 Å². The zero-order valence-electron chi connectivity index (χ0n) is 11.6. The number of ketones is 1. The molecular formula is C19H17NO. The van der Waals surface area contributed by atoms with Crippen LogP contribution in [0.4, 0.5) is 0 Å². The molecule has 21 heavy (non-hydrogen) atoms. The second-order valence-corrected chi connectivity index (χ2v) is 4.34. The predicted octanol–water partition coefficient (Wildman–Crippen LogP) is 4.58. The monoisotopic (exact) mass is 275 g/mol. The van der Waals surface area contributed by atoms with E-state index in [2.05, 4.69) is 4.98 Å². The molecular weight excluding hydrogens is 258 g/mol. The maximum absolute atomic E-state index is 11.8. The summed E-state index contributed by atoms with van der Waals surface area (Å²) in [4.78, 5) is 14.8. The van der Waals surface area contributed by atoms with E-state index in [0.717, 1.165) is 5.69 Å². The van der Waals surface area contributed by atoms with Gasteiger partial charge in [-0.25, -0.2) is 0 Å². The van der Waals surface area contributed by atoms with Crippen molar-refractivity contribution in [1.82, 2.24) is 4.98 Å². The first kappa shape index (κ1) is 14.5. The molecule has 0 fully saturated rings. The summed E-state index contributed by atoms with van der Waals surface area (Å²) in [6, 6.07) is 13.2. The highest BCUT2D eigenvalue weighted by atomic mass is 16.1. The van der Waals surface area contributed by atoms with Crippen LogP contribution in [0.15, 0.2) is 91.2 Å². The second kappa shape index (κ2) is 8.33. The summed E-state index contributed by atoms with van der Waals surface area (Å²) in [6.07, 6.45) is 16.7. The van der Waals surface area contributed by atoms with Crippen molar-refractivity contribution in [3.63, 3.8) is 0 Å². The average Bonchev–Trinajstić information content (AvgIpc) is 3.04. The number of aromatic nitrogens is 1. The zero-order chi connectivity index (χ0) is 14.8. The molecule has 0 saturated carbocycles. The zero-order valence-corrected chi connectivity index (χ0v) is 11.6. The van der Waals surface area contributed by atoms with Crippen molar-refractivity contribution >= 4 is 11.9 Å². The fourth-order valence-corrected chi connectivity index (χ4v) is 1.71. The molecule has 1 heterocycles. The van der Waals surface area contributed by atoms with Gasteiger partial charge in [0.2, 0.25) is 0 Å². The molecule has 0 unspecified atom stereocenters. The number of rotatable bonds is 6. The summed E-state index contributed by atoms with van der Waals surface area (Å²) in [7, 11) is 0. The van der Waals surface area contributed by atoms with Crippen LogP contribution in [-0.2, 0) is 0 Å². The van der Waals surface area contributed by atoms with Gasteiger partial charge in [-0.2, -0.15) is 0 Å². The highest BCUT2D eigenvalue weighted by Gasteiger charge is 1.97. The Hall–Kier alpha value is -2.87. The number of aromatic amines is 1. The van der Waals surface area contributed by atoms with Gasteiger partial charge < -0.3 is 4.98 Å². The van der Waals surface area contributed by atoms with Crippen molar-refractivity contribution in [2.45, 2.75) is 0 Å². The second-order valence-electron chi connectivity index (χ2n) is 4.34. The Balaban J connectivity index is 1.77. The summed E-state index contributed by atoms with van der Waals surface area (Å²) in [5.41, 5.74) is 1.77. The van der Waals surface area contributed by atoms with E-state index in [-0.39, 0.29) is 5.78 Å². The molecule has 0 aliphatic heterocycles. The van der Waals surface area contributed by atoms with E-state index in [9.17, 15) is 4.79 Å². The number of hydrogen-bond acceptors (Lipinski definition) is 1. The number of allylic oxidation sites excluding steroid dienone is 7. The average molecular weight is 275 g/mol. The van der Waals surface area contributed by atoms with E-state index in [1.807, 2.05) is 85.1 Å². The van der Waals surface area contributed by atoms with Crippen molar-refractivity contribution in [2.75, 3.05) is 0 Å². The van der Waals surface area contributed by atoms with Gasteiger partial charge in [0.25, 0.3) is 0 Å². The van der Waals surface area contributed by atoms with E-state index in [1.165, 1.54) is 0 Å². The molecule has 104 valence electrons. The third kappa shape index (κ3) is 5.33. The van der Waals surface area contributed by atoms with Gasteiger partial charge in [0.1, 0.15) is 0 Å². The van der Waals surface area contributed by atoms with E-state index in [4.69, 9.17) is 0 Å². The van der Waals surface area contributed by atoms with Gasteiger partial charge in [-0.05, 0) is 24.3 Å². The number of carbonyl (C=O) groups excluding carboxylic acids is 1. The summed E-state index contributed by atoms with van der Waals surface area (Å²) in [5.74, 6) is 0.0101. The number of carbonyl (C=O) groups is 1. The molecule has 0 bridgehead atoms. The Morgan fingerprint density at radius 3 is 2.24 bits per heavy atom. The van der Waals surface area contributed by atoms with Crippen LogP contribution in [0, 0.1) is 0 Å². The van der Waals surface area contributed by atoms with Crippen LogP contribution in [0.1, 0.15) is 16.1 Å². The molecule has 0 radical (unpaired) electrons. The molecule has 0 aliphatic carbocycles. The lowest BCUT2D eigenvalue weighted by atomic mass is 10.1. The molecule has 0 aliphatic rings. The van der Waals surface area contributed by atoms with Crippen LogP contribution in [0.2, 0.25) is 0 Å². The maximum atomic E-state index is 11.8. The molecule has 0 saturated heterocycles. The Morgan fingerprint density at radius 2 is 1.52 bits per heavy atom. The van der Waals surface area contributed by atoms with Crippen LogP contribution in [-0.4, -0.2) is 10.8 Å². The standard InChI is InChI=1S/C19H17NO/c21-19(17-11-6-5-7-12-17)15-9-4-2-1-3-8-13-18-14-10-16-20-18/h1-16,20H/b3-1+,4-2+,13-8+,15-9+. The van der Waals surface area contributed by atoms with E-state index in [1.54, 1.807) is 12.2 Å². The van der Waals surface area contributed by atoms with Gasteiger partial charge in [-0.3, -0.25) is 4.79 Å². The quantitative estimate of drug-likeness (QED) is 0.467. The SMILES string of the molecule is O=C(/C=C/C=C/C=C/C=C/c1ccc[nH]1)c1ccccc1. The topological polar surface area (TPSA) is 32.9 Å². The third-order valence-electron chi connectivity index (χ3n) is 2.76. The Bertz CT molecular complexity index is 659. The van der Waals surface area contributed by atoms with Gasteiger partial charge in [0.05, 0.1) is 0 Å². The largest absolute Gasteiger partial charge is 0.362 e. The Kier molecular flexibility index (Phi) is 5.77. The van der Waals surface area contributed by atoms with Crippen LogP contribution >= 0.6 is 0 Å². The fraction of sp³-hybridized carbons (Fsp3) is 0. The minimum atomic E-state index is 0.0101. The molecule has 1 aromatic heterocycles. The fourth-order valence-electron chi connectivity index (χ4n) is 1.71. The first-order valence-corrected chi connectivity index (χ1v) is 6.77. The van der Waals surface area contributed by atoms with Gasteiger partial charge in [0, 0.05) is 17.5 Å². The Morgan fingerprint density at radius 1 is 0.810 bits per heavy atom. The van der Waals surface area contributed by atoms with E-state index >= 15 is 0 Å². The first-order valence-electron chi connectivity index (χ1n) is 6.77. The highest BCUT2D eigenvalue weighted by Crippen LogP contribution is 2.01. The van der Waals surface area contributed by atoms with E-state index < -0.39 is 0 Å². The summed E-state index contributed by atoms with van der Waals surface area (Å²) in [5, 5.41) is 0. The van der Waals surface area contributed by atoms with Crippen molar-refractivity contribution in [3.05, 3.63) is 102 Å². The first-order chi connectivity index (χ1) is 10.4. The molecule has 1 aromatic carbocycles. The van der Waals surface area contributed by atoms with Crippen molar-refractivity contribution < 1.29 is 4.79 Å². The van der Waals surface area contributed by atoms with Crippen LogP contribution in [0.5, 0.6) is 0 Å². The molecule has 2 nitrogen and oxygen atoms in total. The molecule has 0 atom stereocenters. The summed E-state index contributed by atoms with van der Waals surface area (Å²) in [6.45, 7) is 0. The summed E-state index contributed by atoms with van der Waals surface area (Å²) >= 11 is 0. The smallest absolute Gasteiger partial charge is 0.185 e. The lowest BCUT2D eigenvalue weighted by Crippen LogP contribution is -1.92. The number of H-pyrrole nitrogens is 1. The van der Waals surface area contributed by atoms with Crippen LogP contribution in [0.25, 0.3) is 6.08 Å². The number of hydrogen-bond donors (Lipinski definition) is 1. The highest BCUT2D eigenvalue weighted by molar-refractivity contribution is 6.04. The van der Waals surface area contributed by atoms with Crippen molar-refractivity contribution in [3.8, 4) is 0 Å². The van der Waals surface area contributed by atoms with Gasteiger partial charge in [-0.1, -0.05) is 66.8 Å². The molecule has 2 aromatic rings. The van der Waals surface area contributed by atoms with E-state index in [0.29, 0.717) is 5.56 Å². The predicted molar refractivity (Wildman–Crippen MR) is 88.0 cm³/mol. The summed E-state index contributed by atoms with van der Waals surface area (Å²) < 4.78 is 0. The minimum absolute atomic E-state index is 0.0101. The van der Waals surface area contributed by atoms with Gasteiger partial charge in [0.15, 0.2) is 5.78 Å². The molecule has 2 heteroatoms. The third-order valence-corrected chi connectivity index (χ3v) is 2.76. The van der Waals surface area contributed by atoms with Crippen LogP contribution < -0.4 is 0 Å². The minimum Gasteiger partial charge on any atom is -0.362 e. The van der Waals surface area contributed by atoms with Crippen LogP contribution in [0.3, 0.4) is 0 Å².